The first-order valence-corrected chi connectivity index (χ1v) is 8.57. The third-order valence-corrected chi connectivity index (χ3v) is 4.81. The van der Waals surface area contributed by atoms with Gasteiger partial charge in [-0.25, -0.2) is 9.97 Å². The van der Waals surface area contributed by atoms with E-state index in [2.05, 4.69) is 15.3 Å². The standard InChI is InChI=1S/C18H16F6N4O/c1-16(15(29)27-13-5-3-11(9-25-13)17(19,20)21)7-2-8-28(16)14-6-4-12(10-26-14)18(22,23)24/h3-6,9-10H,2,7-8H2,1H3,(H,25,27,29)/t16-/m0/s1. The molecule has 156 valence electrons. The molecule has 3 rings (SSSR count). The topological polar surface area (TPSA) is 58.1 Å². The van der Waals surface area contributed by atoms with E-state index in [0.29, 0.717) is 31.8 Å². The van der Waals surface area contributed by atoms with E-state index in [9.17, 15) is 31.1 Å². The van der Waals surface area contributed by atoms with Crippen LogP contribution in [0.3, 0.4) is 0 Å². The number of anilines is 2. The van der Waals surface area contributed by atoms with Gasteiger partial charge in [0.15, 0.2) is 0 Å². The second-order valence-corrected chi connectivity index (χ2v) is 6.82. The van der Waals surface area contributed by atoms with Gasteiger partial charge in [0, 0.05) is 18.9 Å². The Hall–Kier alpha value is -2.85. The van der Waals surface area contributed by atoms with Gasteiger partial charge in [0.1, 0.15) is 17.2 Å². The maximum atomic E-state index is 12.8. The van der Waals surface area contributed by atoms with Gasteiger partial charge >= 0.3 is 12.4 Å². The van der Waals surface area contributed by atoms with Crippen LogP contribution < -0.4 is 10.2 Å². The fourth-order valence-corrected chi connectivity index (χ4v) is 3.17. The first kappa shape index (κ1) is 20.9. The average molecular weight is 418 g/mol. The number of rotatable bonds is 3. The van der Waals surface area contributed by atoms with Crippen molar-refractivity contribution in [1.82, 2.24) is 9.97 Å². The molecule has 5 nitrogen and oxygen atoms in total. The molecule has 3 heterocycles. The number of halogens is 6. The molecule has 1 amide bonds. The van der Waals surface area contributed by atoms with Crippen LogP contribution >= 0.6 is 0 Å². The average Bonchev–Trinajstić information content (AvgIpc) is 3.04. The van der Waals surface area contributed by atoms with Crippen LogP contribution in [-0.4, -0.2) is 28.0 Å². The van der Waals surface area contributed by atoms with Crippen molar-refractivity contribution in [3.8, 4) is 0 Å². The molecule has 0 radical (unpaired) electrons. The molecule has 2 aromatic heterocycles. The number of nitrogens with one attached hydrogen (secondary N) is 1. The summed E-state index contributed by atoms with van der Waals surface area (Å²) in [5, 5.41) is 2.47. The molecule has 0 spiro atoms. The van der Waals surface area contributed by atoms with E-state index in [4.69, 9.17) is 0 Å². The molecule has 11 heteroatoms. The Kier molecular flexibility index (Phi) is 5.18. The van der Waals surface area contributed by atoms with E-state index in [0.717, 1.165) is 18.2 Å². The van der Waals surface area contributed by atoms with E-state index >= 15 is 0 Å². The minimum absolute atomic E-state index is 0.0588. The fraction of sp³-hybridized carbons (Fsp3) is 0.389. The zero-order chi connectivity index (χ0) is 21.4. The van der Waals surface area contributed by atoms with Gasteiger partial charge in [-0.1, -0.05) is 0 Å². The van der Waals surface area contributed by atoms with E-state index in [1.807, 2.05) is 0 Å². The van der Waals surface area contributed by atoms with Gasteiger partial charge in [-0.2, -0.15) is 26.3 Å². The summed E-state index contributed by atoms with van der Waals surface area (Å²) in [6.45, 7) is 1.99. The lowest BCUT2D eigenvalue weighted by Gasteiger charge is -2.34. The summed E-state index contributed by atoms with van der Waals surface area (Å²) in [5.41, 5.74) is -2.99. The number of hydrogen-bond acceptors (Lipinski definition) is 4. The molecule has 2 aromatic rings. The third kappa shape index (κ3) is 4.28. The van der Waals surface area contributed by atoms with Crippen molar-refractivity contribution in [2.45, 2.75) is 37.7 Å². The quantitative estimate of drug-likeness (QED) is 0.746. The van der Waals surface area contributed by atoms with Crippen molar-refractivity contribution < 1.29 is 31.1 Å². The minimum Gasteiger partial charge on any atom is -0.342 e. The first-order valence-electron chi connectivity index (χ1n) is 8.57. The van der Waals surface area contributed by atoms with Crippen molar-refractivity contribution >= 4 is 17.5 Å². The van der Waals surface area contributed by atoms with Crippen LogP contribution in [0.5, 0.6) is 0 Å². The zero-order valence-corrected chi connectivity index (χ0v) is 15.1. The molecule has 0 bridgehead atoms. The highest BCUT2D eigenvalue weighted by molar-refractivity contribution is 5.99. The van der Waals surface area contributed by atoms with Gasteiger partial charge < -0.3 is 10.2 Å². The molecular weight excluding hydrogens is 402 g/mol. The Morgan fingerprint density at radius 1 is 1.00 bits per heavy atom. The number of amides is 1. The zero-order valence-electron chi connectivity index (χ0n) is 15.1. The molecule has 1 aliphatic rings. The van der Waals surface area contributed by atoms with Gasteiger partial charge in [0.25, 0.3) is 5.91 Å². The predicted molar refractivity (Wildman–Crippen MR) is 92.1 cm³/mol. The Morgan fingerprint density at radius 2 is 1.59 bits per heavy atom. The van der Waals surface area contributed by atoms with E-state index in [-0.39, 0.29) is 11.6 Å². The first-order chi connectivity index (χ1) is 13.4. The molecule has 1 fully saturated rings. The molecule has 0 aliphatic carbocycles. The van der Waals surface area contributed by atoms with Crippen LogP contribution in [0.25, 0.3) is 0 Å². The summed E-state index contributed by atoms with van der Waals surface area (Å²) in [5.74, 6) is -0.395. The molecule has 0 unspecified atom stereocenters. The Morgan fingerprint density at radius 3 is 2.07 bits per heavy atom. The molecule has 29 heavy (non-hydrogen) atoms. The summed E-state index contributed by atoms with van der Waals surface area (Å²) in [6, 6.07) is 3.92. The molecule has 1 N–H and O–H groups in total. The van der Waals surface area contributed by atoms with Gasteiger partial charge in [-0.15, -0.1) is 0 Å². The van der Waals surface area contributed by atoms with Crippen molar-refractivity contribution in [2.75, 3.05) is 16.8 Å². The number of pyridine rings is 2. The van der Waals surface area contributed by atoms with E-state index < -0.39 is 34.9 Å². The van der Waals surface area contributed by atoms with Crippen LogP contribution in [0.4, 0.5) is 38.0 Å². The smallest absolute Gasteiger partial charge is 0.342 e. The Labute approximate surface area is 161 Å². The number of alkyl halides is 6. The number of aromatic nitrogens is 2. The van der Waals surface area contributed by atoms with Gasteiger partial charge in [0.2, 0.25) is 0 Å². The normalized spacial score (nSPS) is 20.0. The summed E-state index contributed by atoms with van der Waals surface area (Å²) >= 11 is 0. The maximum absolute atomic E-state index is 12.8. The minimum atomic E-state index is -4.54. The summed E-state index contributed by atoms with van der Waals surface area (Å²) in [7, 11) is 0. The lowest BCUT2D eigenvalue weighted by atomic mass is 9.97. The van der Waals surface area contributed by atoms with Crippen LogP contribution in [0.1, 0.15) is 30.9 Å². The molecule has 1 saturated heterocycles. The van der Waals surface area contributed by atoms with Crippen molar-refractivity contribution in [3.05, 3.63) is 47.8 Å². The van der Waals surface area contributed by atoms with Crippen LogP contribution in [-0.2, 0) is 17.1 Å². The highest BCUT2D eigenvalue weighted by Crippen LogP contribution is 2.36. The lowest BCUT2D eigenvalue weighted by Crippen LogP contribution is -2.51. The largest absolute Gasteiger partial charge is 0.417 e. The molecule has 0 saturated carbocycles. The number of nitrogens with zero attached hydrogens (tertiary/aromatic N) is 3. The van der Waals surface area contributed by atoms with E-state index in [1.54, 1.807) is 11.8 Å². The summed E-state index contributed by atoms with van der Waals surface area (Å²) in [6.07, 6.45) is -6.77. The van der Waals surface area contributed by atoms with Gasteiger partial charge in [-0.05, 0) is 44.0 Å². The molecule has 0 aromatic carbocycles. The van der Waals surface area contributed by atoms with Crippen LogP contribution in [0.15, 0.2) is 36.7 Å². The van der Waals surface area contributed by atoms with Crippen molar-refractivity contribution in [3.63, 3.8) is 0 Å². The number of carbonyl (C=O) groups excluding carboxylic acids is 1. The van der Waals surface area contributed by atoms with E-state index in [1.165, 1.54) is 6.07 Å². The van der Waals surface area contributed by atoms with Crippen molar-refractivity contribution in [2.24, 2.45) is 0 Å². The summed E-state index contributed by atoms with van der Waals surface area (Å²) in [4.78, 5) is 21.8. The second-order valence-electron chi connectivity index (χ2n) is 6.82. The van der Waals surface area contributed by atoms with Crippen LogP contribution in [0.2, 0.25) is 0 Å². The third-order valence-electron chi connectivity index (χ3n) is 4.81. The molecule has 1 aliphatic heterocycles. The molecular formula is C18H16F6N4O. The fourth-order valence-electron chi connectivity index (χ4n) is 3.17. The van der Waals surface area contributed by atoms with Gasteiger partial charge in [0.05, 0.1) is 11.1 Å². The Balaban J connectivity index is 1.78. The van der Waals surface area contributed by atoms with Crippen molar-refractivity contribution in [1.29, 1.82) is 0 Å². The number of hydrogen-bond donors (Lipinski definition) is 1. The van der Waals surface area contributed by atoms with Crippen LogP contribution in [0, 0.1) is 0 Å². The number of carbonyl (C=O) groups is 1. The highest BCUT2D eigenvalue weighted by Gasteiger charge is 2.44. The molecule has 1 atom stereocenters. The monoisotopic (exact) mass is 418 g/mol. The highest BCUT2D eigenvalue weighted by atomic mass is 19.4. The Bertz CT molecular complexity index is 879. The maximum Gasteiger partial charge on any atom is 0.417 e. The second kappa shape index (κ2) is 7.20. The van der Waals surface area contributed by atoms with Gasteiger partial charge in [-0.3, -0.25) is 4.79 Å². The lowest BCUT2D eigenvalue weighted by molar-refractivity contribution is -0.138. The SMILES string of the molecule is C[C@@]1(C(=O)Nc2ccc(C(F)(F)F)cn2)CCCN1c1ccc(C(F)(F)F)cn1. The predicted octanol–water partition coefficient (Wildman–Crippen LogP) is 4.51. The summed E-state index contributed by atoms with van der Waals surface area (Å²) < 4.78 is 76.0.